The standard InChI is InChI=1S/C20H21N/c1-3-21-14-16-7-6-9-18(13-16)20-15(2)11-12-17-8-4-5-10-19(17)20/h4-13,21H,3,14H2,1-2H3. The van der Waals surface area contributed by atoms with Crippen molar-refractivity contribution in [2.45, 2.75) is 20.4 Å². The first kappa shape index (κ1) is 13.8. The molecule has 0 aliphatic rings. The minimum Gasteiger partial charge on any atom is -0.313 e. The Morgan fingerprint density at radius 2 is 1.76 bits per heavy atom. The molecule has 0 heterocycles. The summed E-state index contributed by atoms with van der Waals surface area (Å²) in [5, 5.41) is 6.03. The van der Waals surface area contributed by atoms with E-state index in [0.29, 0.717) is 0 Å². The first-order chi connectivity index (χ1) is 10.3. The molecule has 0 aliphatic heterocycles. The topological polar surface area (TPSA) is 12.0 Å². The summed E-state index contributed by atoms with van der Waals surface area (Å²) in [6, 6.07) is 21.9. The highest BCUT2D eigenvalue weighted by Gasteiger charge is 2.07. The molecular weight excluding hydrogens is 254 g/mol. The predicted molar refractivity (Wildman–Crippen MR) is 91.5 cm³/mol. The van der Waals surface area contributed by atoms with E-state index in [0.717, 1.165) is 13.1 Å². The Morgan fingerprint density at radius 3 is 2.62 bits per heavy atom. The molecule has 3 aromatic rings. The lowest BCUT2D eigenvalue weighted by Gasteiger charge is -2.12. The van der Waals surface area contributed by atoms with Crippen molar-refractivity contribution in [2.75, 3.05) is 6.54 Å². The summed E-state index contributed by atoms with van der Waals surface area (Å²) in [6.45, 7) is 6.25. The molecule has 0 unspecified atom stereocenters. The molecule has 1 N–H and O–H groups in total. The van der Waals surface area contributed by atoms with Crippen LogP contribution >= 0.6 is 0 Å². The van der Waals surface area contributed by atoms with Crippen LogP contribution in [0, 0.1) is 6.92 Å². The fourth-order valence-corrected chi connectivity index (χ4v) is 2.87. The van der Waals surface area contributed by atoms with Gasteiger partial charge in [0.05, 0.1) is 0 Å². The number of fused-ring (bicyclic) bond motifs is 1. The van der Waals surface area contributed by atoms with Crippen molar-refractivity contribution in [1.82, 2.24) is 5.32 Å². The second-order valence-electron chi connectivity index (χ2n) is 5.46. The van der Waals surface area contributed by atoms with Crippen LogP contribution in [0.5, 0.6) is 0 Å². The molecule has 0 spiro atoms. The smallest absolute Gasteiger partial charge is 0.0205 e. The lowest BCUT2D eigenvalue weighted by molar-refractivity contribution is 0.727. The Bertz CT molecular complexity index is 759. The SMILES string of the molecule is CCNCc1cccc(-c2c(C)ccc3ccccc23)c1. The van der Waals surface area contributed by atoms with Crippen molar-refractivity contribution in [3.63, 3.8) is 0 Å². The van der Waals surface area contributed by atoms with Gasteiger partial charge in [-0.1, -0.05) is 61.5 Å². The van der Waals surface area contributed by atoms with E-state index in [1.165, 1.54) is 33.0 Å². The Labute approximate surface area is 126 Å². The molecule has 0 bridgehead atoms. The van der Waals surface area contributed by atoms with Gasteiger partial charge in [-0.2, -0.15) is 0 Å². The number of aryl methyl sites for hydroxylation is 1. The number of hydrogen-bond acceptors (Lipinski definition) is 1. The fraction of sp³-hybridized carbons (Fsp3) is 0.200. The Kier molecular flexibility index (Phi) is 4.03. The van der Waals surface area contributed by atoms with Crippen molar-refractivity contribution in [3.8, 4) is 11.1 Å². The number of nitrogens with one attached hydrogen (secondary N) is 1. The van der Waals surface area contributed by atoms with Crippen molar-refractivity contribution in [1.29, 1.82) is 0 Å². The molecule has 0 amide bonds. The van der Waals surface area contributed by atoms with Gasteiger partial charge in [0.15, 0.2) is 0 Å². The molecule has 0 aliphatic carbocycles. The third-order valence-corrected chi connectivity index (χ3v) is 3.93. The average molecular weight is 275 g/mol. The zero-order valence-electron chi connectivity index (χ0n) is 12.7. The normalized spacial score (nSPS) is 11.0. The lowest BCUT2D eigenvalue weighted by Crippen LogP contribution is -2.11. The zero-order chi connectivity index (χ0) is 14.7. The van der Waals surface area contributed by atoms with E-state index in [1.54, 1.807) is 0 Å². The van der Waals surface area contributed by atoms with E-state index in [9.17, 15) is 0 Å². The molecule has 0 fully saturated rings. The van der Waals surface area contributed by atoms with Crippen molar-refractivity contribution >= 4 is 10.8 Å². The van der Waals surface area contributed by atoms with E-state index in [-0.39, 0.29) is 0 Å². The summed E-state index contributed by atoms with van der Waals surface area (Å²) in [5.74, 6) is 0. The Hall–Kier alpha value is -2.12. The fourth-order valence-electron chi connectivity index (χ4n) is 2.87. The predicted octanol–water partition coefficient (Wildman–Crippen LogP) is 4.92. The zero-order valence-corrected chi connectivity index (χ0v) is 12.7. The Morgan fingerprint density at radius 1 is 0.905 bits per heavy atom. The van der Waals surface area contributed by atoms with Gasteiger partial charge in [0.2, 0.25) is 0 Å². The molecule has 1 nitrogen and oxygen atoms in total. The van der Waals surface area contributed by atoms with Crippen LogP contribution in [0.2, 0.25) is 0 Å². The van der Waals surface area contributed by atoms with Crippen LogP contribution < -0.4 is 5.32 Å². The lowest BCUT2D eigenvalue weighted by atomic mass is 9.93. The Balaban J connectivity index is 2.13. The number of rotatable bonds is 4. The minimum atomic E-state index is 0.925. The molecule has 106 valence electrons. The van der Waals surface area contributed by atoms with Gasteiger partial charge in [-0.15, -0.1) is 0 Å². The molecule has 0 saturated carbocycles. The van der Waals surface area contributed by atoms with Gasteiger partial charge in [-0.3, -0.25) is 0 Å². The van der Waals surface area contributed by atoms with Gasteiger partial charge in [-0.05, 0) is 52.6 Å². The second kappa shape index (κ2) is 6.11. The summed E-state index contributed by atoms with van der Waals surface area (Å²) in [5.41, 5.74) is 5.32. The van der Waals surface area contributed by atoms with Gasteiger partial charge >= 0.3 is 0 Å². The molecule has 0 saturated heterocycles. The van der Waals surface area contributed by atoms with Gasteiger partial charge in [-0.25, -0.2) is 0 Å². The molecular formula is C20H21N. The summed E-state index contributed by atoms with van der Waals surface area (Å²) in [6.07, 6.45) is 0. The molecule has 21 heavy (non-hydrogen) atoms. The van der Waals surface area contributed by atoms with Crippen LogP contribution in [0.1, 0.15) is 18.1 Å². The third kappa shape index (κ3) is 2.84. The third-order valence-electron chi connectivity index (χ3n) is 3.93. The van der Waals surface area contributed by atoms with E-state index in [1.807, 2.05) is 0 Å². The highest BCUT2D eigenvalue weighted by molar-refractivity contribution is 5.98. The highest BCUT2D eigenvalue weighted by atomic mass is 14.8. The monoisotopic (exact) mass is 275 g/mol. The molecule has 3 rings (SSSR count). The first-order valence-electron chi connectivity index (χ1n) is 7.58. The minimum absolute atomic E-state index is 0.925. The summed E-state index contributed by atoms with van der Waals surface area (Å²) in [4.78, 5) is 0. The maximum atomic E-state index is 3.40. The molecule has 0 radical (unpaired) electrons. The van der Waals surface area contributed by atoms with Gasteiger partial charge < -0.3 is 5.32 Å². The first-order valence-corrected chi connectivity index (χ1v) is 7.58. The largest absolute Gasteiger partial charge is 0.313 e. The molecule has 0 aromatic heterocycles. The second-order valence-corrected chi connectivity index (χ2v) is 5.46. The molecule has 3 aromatic carbocycles. The maximum Gasteiger partial charge on any atom is 0.0205 e. The van der Waals surface area contributed by atoms with Crippen LogP contribution in [0.15, 0.2) is 60.7 Å². The van der Waals surface area contributed by atoms with Crippen molar-refractivity contribution in [2.24, 2.45) is 0 Å². The van der Waals surface area contributed by atoms with Crippen LogP contribution in [-0.2, 0) is 6.54 Å². The van der Waals surface area contributed by atoms with Crippen LogP contribution in [-0.4, -0.2) is 6.54 Å². The van der Waals surface area contributed by atoms with Gasteiger partial charge in [0.25, 0.3) is 0 Å². The average Bonchev–Trinajstić information content (AvgIpc) is 2.53. The van der Waals surface area contributed by atoms with Gasteiger partial charge in [0, 0.05) is 6.54 Å². The van der Waals surface area contributed by atoms with E-state index >= 15 is 0 Å². The molecule has 1 heteroatoms. The summed E-state index contributed by atoms with van der Waals surface area (Å²) in [7, 11) is 0. The van der Waals surface area contributed by atoms with Crippen molar-refractivity contribution in [3.05, 3.63) is 71.8 Å². The number of benzene rings is 3. The van der Waals surface area contributed by atoms with Crippen LogP contribution in [0.3, 0.4) is 0 Å². The van der Waals surface area contributed by atoms with Crippen LogP contribution in [0.25, 0.3) is 21.9 Å². The van der Waals surface area contributed by atoms with E-state index in [2.05, 4.69) is 79.8 Å². The maximum absolute atomic E-state index is 3.40. The van der Waals surface area contributed by atoms with Crippen molar-refractivity contribution < 1.29 is 0 Å². The number of hydrogen-bond donors (Lipinski definition) is 1. The quantitative estimate of drug-likeness (QED) is 0.712. The highest BCUT2D eigenvalue weighted by Crippen LogP contribution is 2.32. The molecule has 0 atom stereocenters. The van der Waals surface area contributed by atoms with Gasteiger partial charge in [0.1, 0.15) is 0 Å². The van der Waals surface area contributed by atoms with E-state index < -0.39 is 0 Å². The van der Waals surface area contributed by atoms with E-state index in [4.69, 9.17) is 0 Å². The summed E-state index contributed by atoms with van der Waals surface area (Å²) >= 11 is 0. The summed E-state index contributed by atoms with van der Waals surface area (Å²) < 4.78 is 0. The van der Waals surface area contributed by atoms with Crippen LogP contribution in [0.4, 0.5) is 0 Å².